The molecular weight excluding hydrogens is 478 g/mol. The third-order valence-electron chi connectivity index (χ3n) is 5.47. The van der Waals surface area contributed by atoms with E-state index in [1.807, 2.05) is 31.2 Å². The zero-order chi connectivity index (χ0) is 25.8. The van der Waals surface area contributed by atoms with Crippen LogP contribution in [0.5, 0.6) is 17.4 Å². The Hall–Kier alpha value is -4.93. The molecule has 1 N–H and O–H groups in total. The van der Waals surface area contributed by atoms with Crippen molar-refractivity contribution in [2.45, 2.75) is 6.92 Å². The van der Waals surface area contributed by atoms with Gasteiger partial charge in [-0.05, 0) is 37.3 Å². The van der Waals surface area contributed by atoms with Gasteiger partial charge in [0.15, 0.2) is 22.8 Å². The van der Waals surface area contributed by atoms with Crippen molar-refractivity contribution < 1.29 is 23.4 Å². The fourth-order valence-corrected chi connectivity index (χ4v) is 3.75. The minimum absolute atomic E-state index is 0.104. The standard InChI is InChI=1S/C26H23N5O6/c1-3-35-20-9-5-6-16-15-19(26(33)37-23(16)20)25(32)27-12-13-36-22-11-10-21-28-29-24(31(21)30-22)17-7-4-8-18(14-17)34-2/h4-11,14-15H,3,12-13H2,1-2H3,(H,27,32). The minimum Gasteiger partial charge on any atom is -0.497 e. The molecule has 0 aliphatic rings. The van der Waals surface area contributed by atoms with Gasteiger partial charge in [-0.1, -0.05) is 24.3 Å². The highest BCUT2D eigenvalue weighted by atomic mass is 16.5. The normalized spacial score (nSPS) is 11.0. The van der Waals surface area contributed by atoms with E-state index in [-0.39, 0.29) is 18.7 Å². The molecule has 0 saturated heterocycles. The average molecular weight is 501 g/mol. The molecule has 0 saturated carbocycles. The Morgan fingerprint density at radius 1 is 1.05 bits per heavy atom. The molecule has 5 rings (SSSR count). The van der Waals surface area contributed by atoms with Crippen molar-refractivity contribution in [2.24, 2.45) is 0 Å². The van der Waals surface area contributed by atoms with Crippen LogP contribution in [0.1, 0.15) is 17.3 Å². The summed E-state index contributed by atoms with van der Waals surface area (Å²) < 4.78 is 23.4. The highest BCUT2D eigenvalue weighted by Gasteiger charge is 2.16. The first-order valence-corrected chi connectivity index (χ1v) is 11.5. The summed E-state index contributed by atoms with van der Waals surface area (Å²) in [6.07, 6.45) is 0. The highest BCUT2D eigenvalue weighted by Crippen LogP contribution is 2.25. The number of nitrogens with zero attached hydrogens (tertiary/aromatic N) is 4. The van der Waals surface area contributed by atoms with Crippen LogP contribution in [-0.2, 0) is 0 Å². The molecule has 0 unspecified atom stereocenters. The first kappa shape index (κ1) is 23.8. The maximum Gasteiger partial charge on any atom is 0.349 e. The molecule has 3 aromatic heterocycles. The number of benzene rings is 2. The molecular formula is C26H23N5O6. The maximum atomic E-state index is 12.6. The van der Waals surface area contributed by atoms with E-state index in [0.717, 1.165) is 5.56 Å². The molecule has 0 bridgehead atoms. The smallest absolute Gasteiger partial charge is 0.349 e. The second-order valence-corrected chi connectivity index (χ2v) is 7.86. The molecule has 0 fully saturated rings. The molecule has 0 aliphatic carbocycles. The van der Waals surface area contributed by atoms with E-state index >= 15 is 0 Å². The summed E-state index contributed by atoms with van der Waals surface area (Å²) in [6, 6.07) is 17.5. The van der Waals surface area contributed by atoms with Gasteiger partial charge < -0.3 is 23.9 Å². The molecule has 0 radical (unpaired) electrons. The molecule has 1 amide bonds. The van der Waals surface area contributed by atoms with Gasteiger partial charge >= 0.3 is 5.63 Å². The van der Waals surface area contributed by atoms with Crippen molar-refractivity contribution in [2.75, 3.05) is 26.9 Å². The van der Waals surface area contributed by atoms with E-state index in [2.05, 4.69) is 20.6 Å². The Morgan fingerprint density at radius 3 is 2.76 bits per heavy atom. The third-order valence-corrected chi connectivity index (χ3v) is 5.47. The summed E-state index contributed by atoms with van der Waals surface area (Å²) >= 11 is 0. The lowest BCUT2D eigenvalue weighted by molar-refractivity contribution is 0.0943. The molecule has 2 aromatic carbocycles. The van der Waals surface area contributed by atoms with Crippen molar-refractivity contribution in [3.63, 3.8) is 0 Å². The second-order valence-electron chi connectivity index (χ2n) is 7.86. The number of fused-ring (bicyclic) bond motifs is 2. The van der Waals surface area contributed by atoms with Gasteiger partial charge in [-0.2, -0.15) is 4.52 Å². The van der Waals surface area contributed by atoms with Crippen LogP contribution in [0, 0.1) is 0 Å². The number of nitrogens with one attached hydrogen (secondary N) is 1. The highest BCUT2D eigenvalue weighted by molar-refractivity contribution is 5.97. The molecule has 188 valence electrons. The number of carbonyl (C=O) groups is 1. The maximum absolute atomic E-state index is 12.6. The number of amides is 1. The van der Waals surface area contributed by atoms with Crippen molar-refractivity contribution in [3.8, 4) is 28.8 Å². The first-order valence-electron chi connectivity index (χ1n) is 11.5. The van der Waals surface area contributed by atoms with Crippen molar-refractivity contribution in [1.82, 2.24) is 25.1 Å². The summed E-state index contributed by atoms with van der Waals surface area (Å²) in [5, 5.41) is 16.1. The van der Waals surface area contributed by atoms with Crippen LogP contribution < -0.4 is 25.2 Å². The van der Waals surface area contributed by atoms with Crippen molar-refractivity contribution in [1.29, 1.82) is 0 Å². The zero-order valence-corrected chi connectivity index (χ0v) is 20.1. The predicted octanol–water partition coefficient (Wildman–Crippen LogP) is 3.11. The number of hydrogen-bond acceptors (Lipinski definition) is 9. The van der Waals surface area contributed by atoms with Gasteiger partial charge in [-0.25, -0.2) is 4.79 Å². The number of ether oxygens (including phenoxy) is 3. The molecule has 11 heteroatoms. The van der Waals surface area contributed by atoms with Crippen LogP contribution in [0.4, 0.5) is 0 Å². The van der Waals surface area contributed by atoms with E-state index in [1.165, 1.54) is 6.07 Å². The quantitative estimate of drug-likeness (QED) is 0.239. The van der Waals surface area contributed by atoms with Crippen LogP contribution in [0.15, 0.2) is 69.9 Å². The Balaban J connectivity index is 1.25. The van der Waals surface area contributed by atoms with E-state index in [9.17, 15) is 9.59 Å². The Labute approximate surface area is 210 Å². The summed E-state index contributed by atoms with van der Waals surface area (Å²) in [6.45, 7) is 2.51. The molecule has 0 aliphatic heterocycles. The van der Waals surface area contributed by atoms with Gasteiger partial charge in [0.2, 0.25) is 5.88 Å². The minimum atomic E-state index is -0.747. The zero-order valence-electron chi connectivity index (χ0n) is 20.1. The summed E-state index contributed by atoms with van der Waals surface area (Å²) in [4.78, 5) is 25.0. The van der Waals surface area contributed by atoms with Gasteiger partial charge in [0.05, 0.1) is 20.3 Å². The van der Waals surface area contributed by atoms with Gasteiger partial charge in [-0.15, -0.1) is 15.3 Å². The van der Waals surface area contributed by atoms with Crippen LogP contribution >= 0.6 is 0 Å². The third kappa shape index (κ3) is 4.92. The molecule has 0 atom stereocenters. The topological polar surface area (TPSA) is 130 Å². The van der Waals surface area contributed by atoms with E-state index in [4.69, 9.17) is 18.6 Å². The van der Waals surface area contributed by atoms with E-state index in [1.54, 1.807) is 42.0 Å². The number of hydrogen-bond donors (Lipinski definition) is 1. The molecule has 0 spiro atoms. The average Bonchev–Trinajstić information content (AvgIpc) is 3.34. The number of aromatic nitrogens is 4. The number of para-hydroxylation sites is 1. The second kappa shape index (κ2) is 10.4. The Bertz CT molecular complexity index is 1640. The van der Waals surface area contributed by atoms with Gasteiger partial charge in [0.25, 0.3) is 5.91 Å². The predicted molar refractivity (Wildman–Crippen MR) is 134 cm³/mol. The Kier molecular flexibility index (Phi) is 6.66. The summed E-state index contributed by atoms with van der Waals surface area (Å²) in [7, 11) is 1.59. The fraction of sp³-hybridized carbons (Fsp3) is 0.192. The molecule has 3 heterocycles. The van der Waals surface area contributed by atoms with Crippen molar-refractivity contribution >= 4 is 22.5 Å². The van der Waals surface area contributed by atoms with E-state index < -0.39 is 11.5 Å². The summed E-state index contributed by atoms with van der Waals surface area (Å²) in [5.41, 5.74) is 0.786. The Morgan fingerprint density at radius 2 is 1.92 bits per heavy atom. The largest absolute Gasteiger partial charge is 0.497 e. The monoisotopic (exact) mass is 501 g/mol. The number of methoxy groups -OCH3 is 1. The lowest BCUT2D eigenvalue weighted by atomic mass is 10.1. The first-order chi connectivity index (χ1) is 18.1. The van der Waals surface area contributed by atoms with Crippen LogP contribution in [0.3, 0.4) is 0 Å². The van der Waals surface area contributed by atoms with Gasteiger partial charge in [-0.3, -0.25) is 4.79 Å². The van der Waals surface area contributed by atoms with Crippen LogP contribution in [0.2, 0.25) is 0 Å². The van der Waals surface area contributed by atoms with Crippen molar-refractivity contribution in [3.05, 3.63) is 76.6 Å². The number of carbonyl (C=O) groups excluding carboxylic acids is 1. The molecule has 5 aromatic rings. The lowest BCUT2D eigenvalue weighted by Gasteiger charge is -2.09. The van der Waals surface area contributed by atoms with Gasteiger partial charge in [0, 0.05) is 17.0 Å². The fourth-order valence-electron chi connectivity index (χ4n) is 3.75. The summed E-state index contributed by atoms with van der Waals surface area (Å²) in [5.74, 6) is 1.42. The van der Waals surface area contributed by atoms with Crippen LogP contribution in [-0.4, -0.2) is 52.6 Å². The molecule has 37 heavy (non-hydrogen) atoms. The van der Waals surface area contributed by atoms with Gasteiger partial charge in [0.1, 0.15) is 17.9 Å². The lowest BCUT2D eigenvalue weighted by Crippen LogP contribution is -2.31. The van der Waals surface area contributed by atoms with E-state index in [0.29, 0.717) is 46.4 Å². The van der Waals surface area contributed by atoms with Crippen LogP contribution in [0.25, 0.3) is 28.0 Å². The SMILES string of the molecule is CCOc1cccc2cc(C(=O)NCCOc3ccc4nnc(-c5cccc(OC)c5)n4n3)c(=O)oc12. The molecule has 11 nitrogen and oxygen atoms in total. The number of rotatable bonds is 9.